The Hall–Kier alpha value is -0.120. The van der Waals surface area contributed by atoms with Crippen molar-refractivity contribution in [2.24, 2.45) is 0 Å². The van der Waals surface area contributed by atoms with Crippen LogP contribution in [0.2, 0.25) is 0 Å². The smallest absolute Gasteiger partial charge is 0.0690 e. The van der Waals surface area contributed by atoms with Gasteiger partial charge in [-0.05, 0) is 26.8 Å². The molecule has 3 N–H and O–H groups in total. The molecule has 0 amide bonds. The Morgan fingerprint density at radius 1 is 0.700 bits per heavy atom. The first-order valence-electron chi connectivity index (χ1n) is 8.69. The average Bonchev–Trinajstić information content (AvgIpc) is 2.39. The van der Waals surface area contributed by atoms with E-state index >= 15 is 0 Å². The van der Waals surface area contributed by atoms with Crippen LogP contribution in [-0.2, 0) is 0 Å². The summed E-state index contributed by atoms with van der Waals surface area (Å²) in [5.41, 5.74) is 0. The van der Waals surface area contributed by atoms with Crippen molar-refractivity contribution >= 4 is 0 Å². The van der Waals surface area contributed by atoms with Gasteiger partial charge in [0.15, 0.2) is 0 Å². The van der Waals surface area contributed by atoms with Gasteiger partial charge in [0, 0.05) is 0 Å². The van der Waals surface area contributed by atoms with Crippen LogP contribution in [0.4, 0.5) is 0 Å². The number of unbranched alkanes of at least 4 members (excludes halogenated alkanes) is 9. The predicted molar refractivity (Wildman–Crippen MR) is 87.0 cm³/mol. The number of hydrogen-bond acceptors (Lipinski definition) is 3. The van der Waals surface area contributed by atoms with E-state index in [0.717, 1.165) is 13.0 Å². The van der Waals surface area contributed by atoms with Gasteiger partial charge in [-0.2, -0.15) is 0 Å². The summed E-state index contributed by atoms with van der Waals surface area (Å²) in [6.45, 7) is 6.59. The van der Waals surface area contributed by atoms with Crippen LogP contribution >= 0.6 is 0 Å². The Bertz CT molecular complexity index is 187. The Morgan fingerprint density at radius 2 is 1.10 bits per heavy atom. The van der Waals surface area contributed by atoms with Gasteiger partial charge in [-0.15, -0.1) is 0 Å². The van der Waals surface area contributed by atoms with Crippen molar-refractivity contribution in [3.8, 4) is 0 Å². The number of aliphatic hydroxyl groups excluding tert-OH is 2. The molecule has 0 aliphatic heterocycles. The standard InChI is InChI=1S/C17H37NO2/c1-4-5-6-7-8-9-10-11-12-13-14-18-17(15(2)19)16(3)20/h15-20H,4-14H2,1-3H3. The molecule has 122 valence electrons. The van der Waals surface area contributed by atoms with E-state index in [1.807, 2.05) is 0 Å². The van der Waals surface area contributed by atoms with E-state index in [-0.39, 0.29) is 6.04 Å². The lowest BCUT2D eigenvalue weighted by molar-refractivity contribution is 0.0569. The van der Waals surface area contributed by atoms with Crippen LogP contribution in [0.25, 0.3) is 0 Å². The minimum Gasteiger partial charge on any atom is -0.392 e. The molecule has 3 nitrogen and oxygen atoms in total. The second kappa shape index (κ2) is 13.8. The topological polar surface area (TPSA) is 52.5 Å². The van der Waals surface area contributed by atoms with Crippen molar-refractivity contribution in [3.63, 3.8) is 0 Å². The van der Waals surface area contributed by atoms with Gasteiger partial charge >= 0.3 is 0 Å². The molecule has 0 aromatic heterocycles. The summed E-state index contributed by atoms with van der Waals surface area (Å²) in [6, 6.07) is -0.200. The van der Waals surface area contributed by atoms with Gasteiger partial charge in [0.05, 0.1) is 18.2 Å². The molecule has 0 bridgehead atoms. The van der Waals surface area contributed by atoms with Gasteiger partial charge in [0.2, 0.25) is 0 Å². The van der Waals surface area contributed by atoms with Crippen molar-refractivity contribution in [1.29, 1.82) is 0 Å². The molecule has 0 heterocycles. The van der Waals surface area contributed by atoms with E-state index in [2.05, 4.69) is 12.2 Å². The summed E-state index contributed by atoms with van der Waals surface area (Å²) in [6.07, 6.45) is 12.3. The molecule has 0 spiro atoms. The van der Waals surface area contributed by atoms with Crippen LogP contribution in [0, 0.1) is 0 Å². The number of rotatable bonds is 14. The highest BCUT2D eigenvalue weighted by atomic mass is 16.3. The molecule has 2 unspecified atom stereocenters. The van der Waals surface area contributed by atoms with E-state index in [1.54, 1.807) is 13.8 Å². The lowest BCUT2D eigenvalue weighted by atomic mass is 10.1. The van der Waals surface area contributed by atoms with Crippen LogP contribution in [0.3, 0.4) is 0 Å². The molecular formula is C17H37NO2. The van der Waals surface area contributed by atoms with E-state index in [1.165, 1.54) is 57.8 Å². The summed E-state index contributed by atoms with van der Waals surface area (Å²) < 4.78 is 0. The molecule has 0 aromatic carbocycles. The minimum absolute atomic E-state index is 0.200. The van der Waals surface area contributed by atoms with E-state index in [0.29, 0.717) is 0 Å². The summed E-state index contributed by atoms with van der Waals surface area (Å²) in [4.78, 5) is 0. The van der Waals surface area contributed by atoms with Crippen molar-refractivity contribution in [2.75, 3.05) is 6.54 Å². The van der Waals surface area contributed by atoms with Gasteiger partial charge in [-0.3, -0.25) is 0 Å². The maximum atomic E-state index is 9.52. The zero-order chi connectivity index (χ0) is 15.2. The molecule has 2 atom stereocenters. The van der Waals surface area contributed by atoms with E-state index in [9.17, 15) is 10.2 Å². The first kappa shape index (κ1) is 19.9. The van der Waals surface area contributed by atoms with Gasteiger partial charge < -0.3 is 15.5 Å². The number of hydrogen-bond donors (Lipinski definition) is 3. The van der Waals surface area contributed by atoms with Gasteiger partial charge in [0.25, 0.3) is 0 Å². The Morgan fingerprint density at radius 3 is 1.50 bits per heavy atom. The molecule has 0 saturated heterocycles. The zero-order valence-corrected chi connectivity index (χ0v) is 13.9. The van der Waals surface area contributed by atoms with Crippen molar-refractivity contribution in [2.45, 2.75) is 103 Å². The highest BCUT2D eigenvalue weighted by Gasteiger charge is 2.18. The molecule has 0 saturated carbocycles. The Labute approximate surface area is 126 Å². The predicted octanol–water partition coefficient (Wildman–Crippen LogP) is 3.63. The van der Waals surface area contributed by atoms with Crippen LogP contribution in [0.15, 0.2) is 0 Å². The Balaban J connectivity index is 3.27. The normalized spacial score (nSPS) is 16.1. The lowest BCUT2D eigenvalue weighted by Crippen LogP contribution is -2.46. The molecule has 0 rings (SSSR count). The minimum atomic E-state index is -0.502. The largest absolute Gasteiger partial charge is 0.392 e. The molecule has 0 radical (unpaired) electrons. The Kier molecular flexibility index (Phi) is 13.8. The maximum Gasteiger partial charge on any atom is 0.0690 e. The van der Waals surface area contributed by atoms with E-state index in [4.69, 9.17) is 0 Å². The molecule has 0 aromatic rings. The molecule has 0 fully saturated rings. The molecular weight excluding hydrogens is 250 g/mol. The second-order valence-electron chi connectivity index (χ2n) is 6.14. The average molecular weight is 287 g/mol. The maximum absolute atomic E-state index is 9.52. The van der Waals surface area contributed by atoms with Gasteiger partial charge in [0.1, 0.15) is 0 Å². The first-order chi connectivity index (χ1) is 9.59. The second-order valence-corrected chi connectivity index (χ2v) is 6.14. The summed E-state index contributed by atoms with van der Waals surface area (Å²) in [7, 11) is 0. The molecule has 0 aliphatic carbocycles. The van der Waals surface area contributed by atoms with Crippen molar-refractivity contribution in [3.05, 3.63) is 0 Å². The third-order valence-electron chi connectivity index (χ3n) is 3.95. The van der Waals surface area contributed by atoms with Crippen LogP contribution in [0.1, 0.15) is 85.0 Å². The number of nitrogens with one attached hydrogen (secondary N) is 1. The van der Waals surface area contributed by atoms with Crippen molar-refractivity contribution in [1.82, 2.24) is 5.32 Å². The fourth-order valence-electron chi connectivity index (χ4n) is 2.63. The van der Waals surface area contributed by atoms with Crippen LogP contribution in [0.5, 0.6) is 0 Å². The number of aliphatic hydroxyl groups is 2. The molecule has 20 heavy (non-hydrogen) atoms. The van der Waals surface area contributed by atoms with E-state index < -0.39 is 12.2 Å². The zero-order valence-electron chi connectivity index (χ0n) is 13.9. The first-order valence-corrected chi connectivity index (χ1v) is 8.69. The monoisotopic (exact) mass is 287 g/mol. The molecule has 3 heteroatoms. The summed E-state index contributed by atoms with van der Waals surface area (Å²) in [5, 5.41) is 22.3. The van der Waals surface area contributed by atoms with Crippen LogP contribution in [-0.4, -0.2) is 35.0 Å². The fourth-order valence-corrected chi connectivity index (χ4v) is 2.63. The highest BCUT2D eigenvalue weighted by molar-refractivity contribution is 4.77. The third kappa shape index (κ3) is 11.7. The van der Waals surface area contributed by atoms with Crippen LogP contribution < -0.4 is 5.32 Å². The summed E-state index contributed by atoms with van der Waals surface area (Å²) in [5.74, 6) is 0. The van der Waals surface area contributed by atoms with Gasteiger partial charge in [-0.1, -0.05) is 64.7 Å². The quantitative estimate of drug-likeness (QED) is 0.428. The summed E-state index contributed by atoms with van der Waals surface area (Å²) >= 11 is 0. The fraction of sp³-hybridized carbons (Fsp3) is 1.00. The highest BCUT2D eigenvalue weighted by Crippen LogP contribution is 2.10. The van der Waals surface area contributed by atoms with Crippen molar-refractivity contribution < 1.29 is 10.2 Å². The van der Waals surface area contributed by atoms with Gasteiger partial charge in [-0.25, -0.2) is 0 Å². The lowest BCUT2D eigenvalue weighted by Gasteiger charge is -2.24. The third-order valence-corrected chi connectivity index (χ3v) is 3.95. The SMILES string of the molecule is CCCCCCCCCCCCNC(C(C)O)C(C)O. The molecule has 0 aliphatic rings.